The van der Waals surface area contributed by atoms with Crippen LogP contribution in [0.25, 0.3) is 0 Å². The van der Waals surface area contributed by atoms with Crippen molar-refractivity contribution in [3.05, 3.63) is 23.8 Å². The Morgan fingerprint density at radius 1 is 1.20 bits per heavy atom. The lowest BCUT2D eigenvalue weighted by Crippen LogP contribution is -2.48. The van der Waals surface area contributed by atoms with Gasteiger partial charge in [-0.1, -0.05) is 23.8 Å². The average Bonchev–Trinajstić information content (AvgIpc) is 2.47. The van der Waals surface area contributed by atoms with Crippen LogP contribution in [-0.4, -0.2) is 61.5 Å². The lowest BCUT2D eigenvalue weighted by atomic mass is 10.0. The second-order valence-corrected chi connectivity index (χ2v) is 5.71. The molecule has 1 aliphatic carbocycles. The van der Waals surface area contributed by atoms with Gasteiger partial charge in [-0.25, -0.2) is 0 Å². The molecule has 1 amide bonds. The molecule has 112 valence electrons. The predicted molar refractivity (Wildman–Crippen MR) is 82.6 cm³/mol. The first-order valence-corrected chi connectivity index (χ1v) is 7.78. The molecular formula is C16H27N3O. The smallest absolute Gasteiger partial charge is 0.216 e. The number of carbonyl (C=O) groups excluding carboxylic acids is 1. The fraction of sp³-hybridized carbons (Fsp3) is 0.688. The predicted octanol–water partition coefficient (Wildman–Crippen LogP) is 1.41. The summed E-state index contributed by atoms with van der Waals surface area (Å²) in [4.78, 5) is 15.8. The summed E-state index contributed by atoms with van der Waals surface area (Å²) in [5.41, 5.74) is 1.60. The van der Waals surface area contributed by atoms with Crippen LogP contribution in [0.15, 0.2) is 23.8 Å². The maximum Gasteiger partial charge on any atom is 0.216 e. The Labute approximate surface area is 122 Å². The number of nitrogens with one attached hydrogen (secondary N) is 1. The van der Waals surface area contributed by atoms with E-state index >= 15 is 0 Å². The molecule has 4 nitrogen and oxygen atoms in total. The molecule has 4 heteroatoms. The first kappa shape index (κ1) is 15.3. The van der Waals surface area contributed by atoms with E-state index in [9.17, 15) is 4.79 Å². The molecule has 1 fully saturated rings. The zero-order valence-electron chi connectivity index (χ0n) is 12.6. The Kier molecular flexibility index (Phi) is 6.27. The van der Waals surface area contributed by atoms with E-state index in [1.807, 2.05) is 0 Å². The highest BCUT2D eigenvalue weighted by molar-refractivity contribution is 5.72. The maximum absolute atomic E-state index is 10.8. The lowest BCUT2D eigenvalue weighted by molar-refractivity contribution is -0.119. The van der Waals surface area contributed by atoms with E-state index < -0.39 is 0 Å². The Bertz CT molecular complexity index is 368. The number of carbonyl (C=O) groups is 1. The second kappa shape index (κ2) is 8.22. The fourth-order valence-corrected chi connectivity index (χ4v) is 2.79. The van der Waals surface area contributed by atoms with E-state index in [0.717, 1.165) is 39.3 Å². The number of hydrogen-bond donors (Lipinski definition) is 1. The van der Waals surface area contributed by atoms with Gasteiger partial charge in [-0.3, -0.25) is 9.69 Å². The van der Waals surface area contributed by atoms with Crippen LogP contribution in [0.2, 0.25) is 0 Å². The number of amides is 1. The van der Waals surface area contributed by atoms with E-state index in [4.69, 9.17) is 0 Å². The molecule has 0 saturated carbocycles. The second-order valence-electron chi connectivity index (χ2n) is 5.71. The molecule has 0 aromatic rings. The van der Waals surface area contributed by atoms with Crippen LogP contribution < -0.4 is 5.32 Å². The highest BCUT2D eigenvalue weighted by atomic mass is 16.1. The number of nitrogens with zero attached hydrogens (tertiary/aromatic N) is 2. The van der Waals surface area contributed by atoms with Crippen LogP contribution in [0, 0.1) is 0 Å². The van der Waals surface area contributed by atoms with E-state index in [1.165, 1.54) is 25.8 Å². The molecule has 0 aromatic carbocycles. The third kappa shape index (κ3) is 5.47. The zero-order valence-corrected chi connectivity index (χ0v) is 12.6. The summed E-state index contributed by atoms with van der Waals surface area (Å²) in [5.74, 6) is 0.0680. The Morgan fingerprint density at radius 3 is 2.50 bits per heavy atom. The fourth-order valence-electron chi connectivity index (χ4n) is 2.79. The van der Waals surface area contributed by atoms with E-state index in [0.29, 0.717) is 0 Å². The van der Waals surface area contributed by atoms with Crippen LogP contribution in [0.3, 0.4) is 0 Å². The van der Waals surface area contributed by atoms with Crippen molar-refractivity contribution in [3.63, 3.8) is 0 Å². The minimum Gasteiger partial charge on any atom is -0.355 e. The summed E-state index contributed by atoms with van der Waals surface area (Å²) in [7, 11) is 0. The summed E-state index contributed by atoms with van der Waals surface area (Å²) < 4.78 is 0. The van der Waals surface area contributed by atoms with Gasteiger partial charge in [0.1, 0.15) is 0 Å². The molecule has 0 bridgehead atoms. The third-order valence-electron chi connectivity index (χ3n) is 4.12. The van der Waals surface area contributed by atoms with E-state index in [2.05, 4.69) is 33.3 Å². The van der Waals surface area contributed by atoms with Crippen molar-refractivity contribution in [2.45, 2.75) is 26.2 Å². The van der Waals surface area contributed by atoms with Crippen molar-refractivity contribution in [2.24, 2.45) is 0 Å². The first-order valence-electron chi connectivity index (χ1n) is 7.78. The number of piperazine rings is 1. The van der Waals surface area contributed by atoms with Crippen molar-refractivity contribution < 1.29 is 4.79 Å². The molecule has 1 heterocycles. The molecule has 1 N–H and O–H groups in total. The van der Waals surface area contributed by atoms with Crippen LogP contribution >= 0.6 is 0 Å². The number of hydrogen-bond acceptors (Lipinski definition) is 3. The Balaban J connectivity index is 1.58. The van der Waals surface area contributed by atoms with Gasteiger partial charge in [0.15, 0.2) is 0 Å². The largest absolute Gasteiger partial charge is 0.355 e. The minimum absolute atomic E-state index is 0.0680. The van der Waals surface area contributed by atoms with E-state index in [-0.39, 0.29) is 5.91 Å². The molecule has 2 aliphatic rings. The van der Waals surface area contributed by atoms with Crippen molar-refractivity contribution in [2.75, 3.05) is 45.8 Å². The molecule has 0 atom stereocenters. The normalized spacial score (nSPS) is 20.8. The van der Waals surface area contributed by atoms with Crippen molar-refractivity contribution in [1.82, 2.24) is 15.1 Å². The highest BCUT2D eigenvalue weighted by Crippen LogP contribution is 2.16. The van der Waals surface area contributed by atoms with Crippen molar-refractivity contribution in [1.29, 1.82) is 0 Å². The van der Waals surface area contributed by atoms with Gasteiger partial charge in [-0.15, -0.1) is 0 Å². The summed E-state index contributed by atoms with van der Waals surface area (Å²) >= 11 is 0. The number of rotatable bonds is 6. The van der Waals surface area contributed by atoms with Crippen molar-refractivity contribution in [3.8, 4) is 0 Å². The van der Waals surface area contributed by atoms with Gasteiger partial charge in [-0.2, -0.15) is 0 Å². The first-order chi connectivity index (χ1) is 9.74. The van der Waals surface area contributed by atoms with Gasteiger partial charge >= 0.3 is 0 Å². The van der Waals surface area contributed by atoms with Gasteiger partial charge in [0.05, 0.1) is 0 Å². The van der Waals surface area contributed by atoms with E-state index in [1.54, 1.807) is 12.5 Å². The average molecular weight is 277 g/mol. The van der Waals surface area contributed by atoms with Crippen LogP contribution in [0.1, 0.15) is 26.2 Å². The van der Waals surface area contributed by atoms with Crippen LogP contribution in [-0.2, 0) is 4.79 Å². The standard InChI is InChI=1S/C16H27N3O/c1-15(20)17-8-10-19-13-11-18(12-14-19)9-7-16-5-3-2-4-6-16/h2-3,5H,4,6-14H2,1H3,(H,17,20). The van der Waals surface area contributed by atoms with Crippen LogP contribution in [0.5, 0.6) is 0 Å². The van der Waals surface area contributed by atoms with Gasteiger partial charge in [0, 0.05) is 52.7 Å². The van der Waals surface area contributed by atoms with Gasteiger partial charge in [-0.05, 0) is 19.3 Å². The SMILES string of the molecule is CC(=O)NCCN1CCN(CCC2=CC=CCC2)CC1. The molecule has 20 heavy (non-hydrogen) atoms. The summed E-state index contributed by atoms with van der Waals surface area (Å²) in [6.07, 6.45) is 10.4. The zero-order chi connectivity index (χ0) is 14.2. The Hall–Kier alpha value is -1.13. The third-order valence-corrected chi connectivity index (χ3v) is 4.12. The molecule has 0 radical (unpaired) electrons. The topological polar surface area (TPSA) is 35.6 Å². The summed E-state index contributed by atoms with van der Waals surface area (Å²) in [6.45, 7) is 9.08. The minimum atomic E-state index is 0.0680. The van der Waals surface area contributed by atoms with Gasteiger partial charge in [0.25, 0.3) is 0 Å². The Morgan fingerprint density at radius 2 is 1.90 bits per heavy atom. The van der Waals surface area contributed by atoms with Crippen LogP contribution in [0.4, 0.5) is 0 Å². The number of allylic oxidation sites excluding steroid dienone is 3. The monoisotopic (exact) mass is 277 g/mol. The molecule has 0 unspecified atom stereocenters. The highest BCUT2D eigenvalue weighted by Gasteiger charge is 2.16. The molecule has 0 aromatic heterocycles. The lowest BCUT2D eigenvalue weighted by Gasteiger charge is -2.34. The van der Waals surface area contributed by atoms with Gasteiger partial charge < -0.3 is 10.2 Å². The molecule has 2 rings (SSSR count). The molecule has 0 spiro atoms. The molecule has 1 aliphatic heterocycles. The summed E-state index contributed by atoms with van der Waals surface area (Å²) in [6, 6.07) is 0. The maximum atomic E-state index is 10.8. The molecular weight excluding hydrogens is 250 g/mol. The quantitative estimate of drug-likeness (QED) is 0.797. The summed E-state index contributed by atoms with van der Waals surface area (Å²) in [5, 5.41) is 2.86. The van der Waals surface area contributed by atoms with Crippen molar-refractivity contribution >= 4 is 5.91 Å². The van der Waals surface area contributed by atoms with Gasteiger partial charge in [0.2, 0.25) is 5.91 Å². The molecule has 1 saturated heterocycles.